The van der Waals surface area contributed by atoms with Gasteiger partial charge in [0, 0.05) is 24.0 Å². The van der Waals surface area contributed by atoms with E-state index < -0.39 is 0 Å². The van der Waals surface area contributed by atoms with Crippen molar-refractivity contribution in [3.05, 3.63) is 83.4 Å². The molecule has 0 fully saturated rings. The quantitative estimate of drug-likeness (QED) is 0.675. The molecule has 0 aliphatic heterocycles. The first kappa shape index (κ1) is 19.1. The number of nitrogens with one attached hydrogen (secondary N) is 1. The summed E-state index contributed by atoms with van der Waals surface area (Å²) >= 11 is 0. The molecular formula is C24H26N4O. The van der Waals surface area contributed by atoms with Crippen molar-refractivity contribution < 1.29 is 4.79 Å². The summed E-state index contributed by atoms with van der Waals surface area (Å²) in [6, 6.07) is 12.0. The van der Waals surface area contributed by atoms with Gasteiger partial charge in [-0.1, -0.05) is 32.0 Å². The fourth-order valence-corrected chi connectivity index (χ4v) is 4.05. The van der Waals surface area contributed by atoms with Crippen molar-refractivity contribution in [1.29, 1.82) is 0 Å². The molecular weight excluding hydrogens is 360 g/mol. The van der Waals surface area contributed by atoms with E-state index in [0.29, 0.717) is 0 Å². The lowest BCUT2D eigenvalue weighted by atomic mass is 9.74. The third-order valence-corrected chi connectivity index (χ3v) is 5.47. The van der Waals surface area contributed by atoms with Gasteiger partial charge in [-0.25, -0.2) is 4.68 Å². The number of hydrogen-bond donors (Lipinski definition) is 1. The van der Waals surface area contributed by atoms with E-state index in [0.717, 1.165) is 29.7 Å². The molecule has 1 amide bonds. The number of para-hydroxylation sites is 1. The fraction of sp³-hybridized carbons (Fsp3) is 0.292. The van der Waals surface area contributed by atoms with Crippen molar-refractivity contribution in [3.63, 3.8) is 0 Å². The molecule has 1 aromatic carbocycles. The van der Waals surface area contributed by atoms with Gasteiger partial charge in [0.2, 0.25) is 5.91 Å². The highest BCUT2D eigenvalue weighted by atomic mass is 16.1. The maximum Gasteiger partial charge on any atom is 0.244 e. The number of carbonyl (C=O) groups excluding carboxylic acids is 1. The van der Waals surface area contributed by atoms with Gasteiger partial charge in [-0.2, -0.15) is 5.10 Å². The zero-order valence-corrected chi connectivity index (χ0v) is 17.1. The summed E-state index contributed by atoms with van der Waals surface area (Å²) in [6.45, 7) is 6.59. The van der Waals surface area contributed by atoms with Crippen LogP contribution in [0.4, 0.5) is 0 Å². The van der Waals surface area contributed by atoms with Crippen LogP contribution in [-0.4, -0.2) is 20.7 Å². The second-order valence-electron chi connectivity index (χ2n) is 8.47. The molecule has 29 heavy (non-hydrogen) atoms. The van der Waals surface area contributed by atoms with E-state index in [9.17, 15) is 4.79 Å². The Hall–Kier alpha value is -3.21. The van der Waals surface area contributed by atoms with Crippen molar-refractivity contribution in [2.75, 3.05) is 0 Å². The Morgan fingerprint density at radius 1 is 1.21 bits per heavy atom. The number of aromatic nitrogens is 3. The molecule has 2 aromatic heterocycles. The molecule has 1 aliphatic rings. The average Bonchev–Trinajstić information content (AvgIpc) is 3.10. The smallest absolute Gasteiger partial charge is 0.244 e. The number of hydrogen-bond acceptors (Lipinski definition) is 3. The summed E-state index contributed by atoms with van der Waals surface area (Å²) in [5.41, 5.74) is 5.58. The van der Waals surface area contributed by atoms with Crippen LogP contribution in [0.1, 0.15) is 48.7 Å². The molecule has 0 saturated heterocycles. The number of fused-ring (bicyclic) bond motifs is 1. The van der Waals surface area contributed by atoms with Gasteiger partial charge < -0.3 is 5.32 Å². The molecule has 0 radical (unpaired) electrons. The first-order valence-corrected chi connectivity index (χ1v) is 9.94. The Morgan fingerprint density at radius 2 is 1.97 bits per heavy atom. The molecule has 1 N–H and O–H groups in total. The van der Waals surface area contributed by atoms with Gasteiger partial charge in [-0.15, -0.1) is 0 Å². The summed E-state index contributed by atoms with van der Waals surface area (Å²) in [7, 11) is 0. The maximum atomic E-state index is 12.6. The molecule has 1 atom stereocenters. The van der Waals surface area contributed by atoms with Gasteiger partial charge in [0.15, 0.2) is 0 Å². The Labute approximate surface area is 171 Å². The fourth-order valence-electron chi connectivity index (χ4n) is 4.05. The zero-order valence-electron chi connectivity index (χ0n) is 17.1. The van der Waals surface area contributed by atoms with Crippen LogP contribution in [0.25, 0.3) is 11.8 Å². The molecule has 4 rings (SSSR count). The Bertz CT molecular complexity index is 1050. The van der Waals surface area contributed by atoms with Crippen molar-refractivity contribution >= 4 is 12.0 Å². The molecule has 3 aromatic rings. The Kier molecular flexibility index (Phi) is 5.05. The predicted octanol–water partition coefficient (Wildman–Crippen LogP) is 4.42. The van der Waals surface area contributed by atoms with E-state index in [1.807, 2.05) is 41.2 Å². The first-order valence-electron chi connectivity index (χ1n) is 9.94. The molecule has 1 unspecified atom stereocenters. The highest BCUT2D eigenvalue weighted by molar-refractivity contribution is 5.92. The molecule has 0 saturated carbocycles. The average molecular weight is 386 g/mol. The second kappa shape index (κ2) is 7.66. The lowest BCUT2D eigenvalue weighted by Crippen LogP contribution is -2.36. The van der Waals surface area contributed by atoms with E-state index in [2.05, 4.69) is 48.3 Å². The number of pyridine rings is 1. The minimum absolute atomic E-state index is 0.0545. The SMILES string of the molecule is Cc1ccccc1-n1ncc2c1CC(C)(C)CC2NC(=O)/C=C/c1ccncc1. The van der Waals surface area contributed by atoms with Gasteiger partial charge in [0.05, 0.1) is 23.6 Å². The van der Waals surface area contributed by atoms with E-state index >= 15 is 0 Å². The van der Waals surface area contributed by atoms with Gasteiger partial charge in [0.25, 0.3) is 0 Å². The topological polar surface area (TPSA) is 59.8 Å². The van der Waals surface area contributed by atoms with Crippen LogP contribution >= 0.6 is 0 Å². The van der Waals surface area contributed by atoms with Gasteiger partial charge >= 0.3 is 0 Å². The molecule has 5 nitrogen and oxygen atoms in total. The minimum atomic E-state index is -0.0981. The van der Waals surface area contributed by atoms with Crippen LogP contribution in [0.3, 0.4) is 0 Å². The van der Waals surface area contributed by atoms with Crippen LogP contribution in [-0.2, 0) is 11.2 Å². The van der Waals surface area contributed by atoms with Crippen LogP contribution in [0.5, 0.6) is 0 Å². The van der Waals surface area contributed by atoms with Gasteiger partial charge in [0.1, 0.15) is 0 Å². The van der Waals surface area contributed by atoms with E-state index in [1.54, 1.807) is 18.5 Å². The summed E-state index contributed by atoms with van der Waals surface area (Å²) < 4.78 is 2.04. The maximum absolute atomic E-state index is 12.6. The Morgan fingerprint density at radius 3 is 2.72 bits per heavy atom. The van der Waals surface area contributed by atoms with Crippen molar-refractivity contribution in [2.45, 2.75) is 39.7 Å². The van der Waals surface area contributed by atoms with Crippen LogP contribution in [0.2, 0.25) is 0 Å². The third kappa shape index (κ3) is 4.14. The number of amides is 1. The molecule has 1 aliphatic carbocycles. The second-order valence-corrected chi connectivity index (χ2v) is 8.47. The van der Waals surface area contributed by atoms with Crippen molar-refractivity contribution in [3.8, 4) is 5.69 Å². The van der Waals surface area contributed by atoms with Crippen LogP contribution < -0.4 is 5.32 Å². The van der Waals surface area contributed by atoms with Crippen LogP contribution in [0, 0.1) is 12.3 Å². The lowest BCUT2D eigenvalue weighted by molar-refractivity contribution is -0.117. The molecule has 0 bridgehead atoms. The highest BCUT2D eigenvalue weighted by Gasteiger charge is 2.35. The highest BCUT2D eigenvalue weighted by Crippen LogP contribution is 2.41. The van der Waals surface area contributed by atoms with Crippen LogP contribution in [0.15, 0.2) is 61.1 Å². The summed E-state index contributed by atoms with van der Waals surface area (Å²) in [4.78, 5) is 16.6. The number of rotatable bonds is 4. The third-order valence-electron chi connectivity index (χ3n) is 5.47. The summed E-state index contributed by atoms with van der Waals surface area (Å²) in [5.74, 6) is -0.0981. The zero-order chi connectivity index (χ0) is 20.4. The van der Waals surface area contributed by atoms with E-state index in [1.165, 1.54) is 11.3 Å². The standard InChI is InChI=1S/C24H26N4O/c1-17-6-4-5-7-21(17)28-22-15-24(2,3)14-20(19(22)16-26-28)27-23(29)9-8-18-10-12-25-13-11-18/h4-13,16,20H,14-15H2,1-3H3,(H,27,29)/b9-8+. The van der Waals surface area contributed by atoms with E-state index in [-0.39, 0.29) is 17.4 Å². The molecule has 5 heteroatoms. The molecule has 2 heterocycles. The van der Waals surface area contributed by atoms with Gasteiger partial charge in [-0.05, 0) is 60.6 Å². The largest absolute Gasteiger partial charge is 0.346 e. The summed E-state index contributed by atoms with van der Waals surface area (Å²) in [6.07, 6.45) is 10.5. The number of nitrogens with zero attached hydrogens (tertiary/aromatic N) is 3. The van der Waals surface area contributed by atoms with Crippen molar-refractivity contribution in [2.24, 2.45) is 5.41 Å². The minimum Gasteiger partial charge on any atom is -0.346 e. The normalized spacial score (nSPS) is 17.8. The monoisotopic (exact) mass is 386 g/mol. The molecule has 0 spiro atoms. The van der Waals surface area contributed by atoms with Crippen molar-refractivity contribution in [1.82, 2.24) is 20.1 Å². The predicted molar refractivity (Wildman–Crippen MR) is 115 cm³/mol. The number of carbonyl (C=O) groups is 1. The first-order chi connectivity index (χ1) is 13.9. The number of benzene rings is 1. The lowest BCUT2D eigenvalue weighted by Gasteiger charge is -2.35. The van der Waals surface area contributed by atoms with E-state index in [4.69, 9.17) is 0 Å². The molecule has 148 valence electrons. The Balaban J connectivity index is 1.61. The number of aryl methyl sites for hydroxylation is 1. The summed E-state index contributed by atoms with van der Waals surface area (Å²) in [5, 5.41) is 7.87. The van der Waals surface area contributed by atoms with Gasteiger partial charge in [-0.3, -0.25) is 9.78 Å².